The van der Waals surface area contributed by atoms with Crippen molar-refractivity contribution in [2.24, 2.45) is 0 Å². The Labute approximate surface area is 217 Å². The van der Waals surface area contributed by atoms with Gasteiger partial charge in [0.15, 0.2) is 0 Å². The van der Waals surface area contributed by atoms with Gasteiger partial charge in [0, 0.05) is 0 Å². The summed E-state index contributed by atoms with van der Waals surface area (Å²) in [5.74, 6) is 0. The molecule has 0 saturated heterocycles. The maximum absolute atomic E-state index is 9.53. The molecule has 0 fully saturated rings. The predicted molar refractivity (Wildman–Crippen MR) is 103 cm³/mol. The molecule has 0 N–H and O–H groups in total. The van der Waals surface area contributed by atoms with Crippen LogP contribution in [0.1, 0.15) is 83.1 Å². The summed E-state index contributed by atoms with van der Waals surface area (Å²) in [5.41, 5.74) is 0. The van der Waals surface area contributed by atoms with Gasteiger partial charge >= 0.3 is 43.4 Å². The molecule has 0 heterocycles. The molecule has 0 atom stereocenters. The molecule has 30 heavy (non-hydrogen) atoms. The van der Waals surface area contributed by atoms with Gasteiger partial charge in [-0.2, -0.15) is 0 Å². The van der Waals surface area contributed by atoms with E-state index in [-0.39, 0.29) is 69.9 Å². The average Bonchev–Trinajstić information content (AvgIpc) is 2.38. The molecule has 0 unspecified atom stereocenters. The van der Waals surface area contributed by atoms with Crippen LogP contribution < -0.4 is 40.9 Å². The topological polar surface area (TPSA) is 184 Å². The summed E-state index contributed by atoms with van der Waals surface area (Å²) in [4.78, 5) is 0. The fraction of sp³-hybridized carbons (Fsp3) is 1.00. The molecule has 0 rings (SSSR count). The van der Waals surface area contributed by atoms with Crippen molar-refractivity contribution in [3.05, 3.63) is 0 Å². The van der Waals surface area contributed by atoms with Crippen LogP contribution in [0.25, 0.3) is 0 Å². The van der Waals surface area contributed by atoms with E-state index in [4.69, 9.17) is 20.4 Å². The predicted octanol–water partition coefficient (Wildman–Crippen LogP) is -3.52. The molecular formula is C20H48O8Ti2. The van der Waals surface area contributed by atoms with Crippen molar-refractivity contribution < 1.29 is 84.3 Å². The standard InChI is InChI=1S/4C3H7O.4C2H5O.2Ti/c4*1-3(2)4;4*1-2-3;;/h4*3H,1-2H3;4*2H2,1H3;;/q8*-1;2*+4. The monoisotopic (exact) mass is 512 g/mol. The Hall–Kier alpha value is 1.11. The van der Waals surface area contributed by atoms with E-state index in [9.17, 15) is 20.4 Å². The Morgan fingerprint density at radius 3 is 0.367 bits per heavy atom. The molecule has 0 spiro atoms. The normalized spacial score (nSPS) is 7.20. The first-order chi connectivity index (χ1) is 12.6. The molecule has 0 aromatic heterocycles. The van der Waals surface area contributed by atoms with Crippen LogP contribution in [-0.2, 0) is 43.4 Å². The third-order valence-corrected chi connectivity index (χ3v) is 0. The molecule has 0 saturated carbocycles. The molecule has 0 aromatic carbocycles. The molecule has 0 aliphatic rings. The largest absolute Gasteiger partial charge is 4.00 e. The molecule has 0 aliphatic carbocycles. The second kappa shape index (κ2) is 87.2. The molecule has 0 amide bonds. The summed E-state index contributed by atoms with van der Waals surface area (Å²) in [6, 6.07) is 0. The van der Waals surface area contributed by atoms with E-state index in [2.05, 4.69) is 0 Å². The molecule has 10 heteroatoms. The molecule has 0 bridgehead atoms. The van der Waals surface area contributed by atoms with Crippen LogP contribution in [0.15, 0.2) is 0 Å². The maximum Gasteiger partial charge on any atom is 4.00 e. The van der Waals surface area contributed by atoms with E-state index in [1.807, 2.05) is 0 Å². The minimum atomic E-state index is -0.417. The van der Waals surface area contributed by atoms with E-state index in [0.29, 0.717) is 0 Å². The molecule has 8 nitrogen and oxygen atoms in total. The first-order valence-corrected chi connectivity index (χ1v) is 9.54. The van der Waals surface area contributed by atoms with Gasteiger partial charge in [-0.05, 0) is 0 Å². The Balaban J connectivity index is -0.0000000189. The van der Waals surface area contributed by atoms with Crippen LogP contribution in [0.4, 0.5) is 0 Å². The van der Waals surface area contributed by atoms with Gasteiger partial charge in [0.1, 0.15) is 0 Å². The summed E-state index contributed by atoms with van der Waals surface area (Å²) < 4.78 is 0. The third kappa shape index (κ3) is 18700. The first kappa shape index (κ1) is 63.3. The molecule has 0 radical (unpaired) electrons. The van der Waals surface area contributed by atoms with Crippen molar-refractivity contribution in [2.45, 2.75) is 108 Å². The Kier molecular flexibility index (Phi) is 184. The van der Waals surface area contributed by atoms with Crippen molar-refractivity contribution in [1.29, 1.82) is 0 Å². The number of hydrogen-bond donors (Lipinski definition) is 0. The van der Waals surface area contributed by atoms with Gasteiger partial charge in [-0.1, -0.05) is 83.1 Å². The van der Waals surface area contributed by atoms with Crippen molar-refractivity contribution in [3.8, 4) is 0 Å². The summed E-state index contributed by atoms with van der Waals surface area (Å²) in [6.45, 7) is 19.2. The minimum absolute atomic E-state index is 0. The Morgan fingerprint density at radius 1 is 0.367 bits per heavy atom. The zero-order chi connectivity index (χ0) is 25.1. The molecular weight excluding hydrogens is 464 g/mol. The van der Waals surface area contributed by atoms with Gasteiger partial charge < -0.3 is 40.9 Å². The average molecular weight is 512 g/mol. The first-order valence-electron chi connectivity index (χ1n) is 9.54. The Bertz CT molecular complexity index is 112. The smallest absolute Gasteiger partial charge is 0.855 e. The van der Waals surface area contributed by atoms with Crippen LogP contribution >= 0.6 is 0 Å². The van der Waals surface area contributed by atoms with E-state index < -0.39 is 24.4 Å². The van der Waals surface area contributed by atoms with Gasteiger partial charge in [0.05, 0.1) is 0 Å². The van der Waals surface area contributed by atoms with Gasteiger partial charge in [-0.3, -0.25) is 0 Å². The zero-order valence-corrected chi connectivity index (χ0v) is 24.5. The Morgan fingerprint density at radius 2 is 0.367 bits per heavy atom. The van der Waals surface area contributed by atoms with Gasteiger partial charge in [0.2, 0.25) is 0 Å². The fourth-order valence-electron chi connectivity index (χ4n) is 0. The second-order valence-electron chi connectivity index (χ2n) is 5.35. The summed E-state index contributed by atoms with van der Waals surface area (Å²) in [6.07, 6.45) is -1.67. The summed E-state index contributed by atoms with van der Waals surface area (Å²) in [5, 5.41) is 73.8. The van der Waals surface area contributed by atoms with Gasteiger partial charge in [-0.15, -0.1) is 50.8 Å². The van der Waals surface area contributed by atoms with Crippen LogP contribution in [0.2, 0.25) is 0 Å². The number of rotatable bonds is 0. The van der Waals surface area contributed by atoms with E-state index >= 15 is 0 Å². The fourth-order valence-corrected chi connectivity index (χ4v) is 0. The van der Waals surface area contributed by atoms with E-state index in [0.717, 1.165) is 0 Å². The molecule has 0 aliphatic heterocycles. The van der Waals surface area contributed by atoms with Crippen LogP contribution in [0, 0.1) is 0 Å². The second-order valence-corrected chi connectivity index (χ2v) is 5.35. The summed E-state index contributed by atoms with van der Waals surface area (Å²) in [7, 11) is 0. The van der Waals surface area contributed by atoms with Crippen LogP contribution in [0.3, 0.4) is 0 Å². The van der Waals surface area contributed by atoms with Crippen LogP contribution in [-0.4, -0.2) is 50.8 Å². The maximum atomic E-state index is 9.53. The third-order valence-electron chi connectivity index (χ3n) is 0. The zero-order valence-electron chi connectivity index (χ0n) is 21.4. The van der Waals surface area contributed by atoms with Crippen LogP contribution in [0.5, 0.6) is 0 Å². The SMILES string of the molecule is CC(C)[O-].CC(C)[O-].CC(C)[O-].CC(C)[O-].CC[O-].CC[O-].CC[O-].CC[O-].[Ti+4].[Ti+4]. The van der Waals surface area contributed by atoms with Crippen molar-refractivity contribution in [3.63, 3.8) is 0 Å². The van der Waals surface area contributed by atoms with Crippen molar-refractivity contribution >= 4 is 0 Å². The van der Waals surface area contributed by atoms with Gasteiger partial charge in [-0.25, -0.2) is 0 Å². The van der Waals surface area contributed by atoms with Gasteiger partial charge in [0.25, 0.3) is 0 Å². The quantitative estimate of drug-likeness (QED) is 0.299. The van der Waals surface area contributed by atoms with E-state index in [1.54, 1.807) is 83.1 Å². The van der Waals surface area contributed by atoms with E-state index in [1.165, 1.54) is 0 Å². The molecule has 184 valence electrons. The number of hydrogen-bond acceptors (Lipinski definition) is 8. The molecule has 0 aromatic rings. The van der Waals surface area contributed by atoms with Crippen molar-refractivity contribution in [2.75, 3.05) is 26.4 Å². The summed E-state index contributed by atoms with van der Waals surface area (Å²) >= 11 is 0. The van der Waals surface area contributed by atoms with Crippen molar-refractivity contribution in [1.82, 2.24) is 0 Å². The minimum Gasteiger partial charge on any atom is -0.855 e.